The summed E-state index contributed by atoms with van der Waals surface area (Å²) in [4.78, 5) is 0. The Morgan fingerprint density at radius 2 is 1.21 bits per heavy atom. The van der Waals surface area contributed by atoms with Gasteiger partial charge in [-0.05, 0) is 54.7 Å². The van der Waals surface area contributed by atoms with Crippen LogP contribution in [0.1, 0.15) is 33.4 Å². The Morgan fingerprint density at radius 1 is 0.793 bits per heavy atom. The van der Waals surface area contributed by atoms with Crippen LogP contribution in [-0.4, -0.2) is 48.8 Å². The van der Waals surface area contributed by atoms with E-state index in [1.54, 1.807) is 0 Å². The van der Waals surface area contributed by atoms with Crippen LogP contribution in [0, 0.1) is 13.8 Å². The van der Waals surface area contributed by atoms with Crippen molar-refractivity contribution in [2.24, 2.45) is 0 Å². The SMILES string of the molecule is Cc1cc(Cc2cc(C)c(OCC3CO3)c(CO)c2)cc(CO)c1OCC1CO1. The van der Waals surface area contributed by atoms with Crippen LogP contribution in [0.25, 0.3) is 0 Å². The largest absolute Gasteiger partial charge is 0.490 e. The van der Waals surface area contributed by atoms with Crippen LogP contribution in [-0.2, 0) is 29.1 Å². The van der Waals surface area contributed by atoms with Gasteiger partial charge in [-0.15, -0.1) is 0 Å². The Balaban J connectivity index is 1.52. The van der Waals surface area contributed by atoms with Gasteiger partial charge in [0.25, 0.3) is 0 Å². The van der Waals surface area contributed by atoms with Crippen molar-refractivity contribution >= 4 is 0 Å². The van der Waals surface area contributed by atoms with E-state index in [-0.39, 0.29) is 25.4 Å². The minimum Gasteiger partial charge on any atom is -0.490 e. The molecule has 29 heavy (non-hydrogen) atoms. The summed E-state index contributed by atoms with van der Waals surface area (Å²) in [5, 5.41) is 19.6. The van der Waals surface area contributed by atoms with Crippen molar-refractivity contribution < 1.29 is 29.2 Å². The molecular formula is C23H28O6. The number of ether oxygens (including phenoxy) is 4. The first-order valence-electron chi connectivity index (χ1n) is 10.0. The number of aryl methyl sites for hydroxylation is 2. The first-order valence-corrected chi connectivity index (χ1v) is 10.0. The Bertz CT molecular complexity index is 799. The number of hydrogen-bond donors (Lipinski definition) is 2. The first-order chi connectivity index (χ1) is 14.1. The van der Waals surface area contributed by atoms with Gasteiger partial charge in [-0.2, -0.15) is 0 Å². The van der Waals surface area contributed by atoms with E-state index in [2.05, 4.69) is 12.1 Å². The molecule has 0 aliphatic carbocycles. The van der Waals surface area contributed by atoms with Crippen molar-refractivity contribution in [2.75, 3.05) is 26.4 Å². The van der Waals surface area contributed by atoms with Gasteiger partial charge in [-0.25, -0.2) is 0 Å². The zero-order valence-electron chi connectivity index (χ0n) is 16.9. The molecule has 2 N–H and O–H groups in total. The van der Waals surface area contributed by atoms with Crippen LogP contribution >= 0.6 is 0 Å². The van der Waals surface area contributed by atoms with Crippen molar-refractivity contribution in [3.8, 4) is 11.5 Å². The molecular weight excluding hydrogens is 372 g/mol. The highest BCUT2D eigenvalue weighted by atomic mass is 16.6. The third-order valence-corrected chi connectivity index (χ3v) is 5.20. The van der Waals surface area contributed by atoms with Crippen LogP contribution < -0.4 is 9.47 Å². The Labute approximate surface area is 171 Å². The monoisotopic (exact) mass is 400 g/mol. The summed E-state index contributed by atoms with van der Waals surface area (Å²) >= 11 is 0. The number of epoxide rings is 2. The quantitative estimate of drug-likeness (QED) is 0.596. The van der Waals surface area contributed by atoms with Crippen LogP contribution in [0.15, 0.2) is 24.3 Å². The van der Waals surface area contributed by atoms with Gasteiger partial charge in [-0.1, -0.05) is 12.1 Å². The molecule has 0 saturated carbocycles. The summed E-state index contributed by atoms with van der Waals surface area (Å²) in [6.45, 7) is 6.34. The molecule has 2 atom stereocenters. The van der Waals surface area contributed by atoms with Gasteiger partial charge in [0.2, 0.25) is 0 Å². The topological polar surface area (TPSA) is 84.0 Å². The van der Waals surface area contributed by atoms with Crippen LogP contribution in [0.4, 0.5) is 0 Å². The molecule has 2 saturated heterocycles. The van der Waals surface area contributed by atoms with Gasteiger partial charge in [-0.3, -0.25) is 0 Å². The van der Waals surface area contributed by atoms with Crippen molar-refractivity contribution in [2.45, 2.75) is 45.7 Å². The minimum absolute atomic E-state index is 0.0769. The van der Waals surface area contributed by atoms with Gasteiger partial charge in [0.15, 0.2) is 0 Å². The molecule has 0 radical (unpaired) electrons. The molecule has 0 amide bonds. The predicted molar refractivity (Wildman–Crippen MR) is 107 cm³/mol. The van der Waals surface area contributed by atoms with Crippen LogP contribution in [0.5, 0.6) is 11.5 Å². The van der Waals surface area contributed by atoms with E-state index in [0.717, 1.165) is 58.1 Å². The lowest BCUT2D eigenvalue weighted by atomic mass is 9.96. The lowest BCUT2D eigenvalue weighted by molar-refractivity contribution is 0.242. The first kappa shape index (κ1) is 20.2. The van der Waals surface area contributed by atoms with Gasteiger partial charge >= 0.3 is 0 Å². The smallest absolute Gasteiger partial charge is 0.127 e. The fourth-order valence-electron chi connectivity index (χ4n) is 3.62. The molecule has 2 heterocycles. The molecule has 2 aliphatic rings. The fourth-order valence-corrected chi connectivity index (χ4v) is 3.62. The van der Waals surface area contributed by atoms with E-state index < -0.39 is 0 Å². The van der Waals surface area contributed by atoms with E-state index in [0.29, 0.717) is 19.6 Å². The number of rotatable bonds is 10. The second kappa shape index (κ2) is 8.71. The average Bonchev–Trinajstić information content (AvgIpc) is 3.60. The highest BCUT2D eigenvalue weighted by molar-refractivity contribution is 5.48. The molecule has 6 heteroatoms. The summed E-state index contributed by atoms with van der Waals surface area (Å²) in [6, 6.07) is 8.15. The third-order valence-electron chi connectivity index (χ3n) is 5.20. The summed E-state index contributed by atoms with van der Waals surface area (Å²) in [6.07, 6.45) is 1.04. The van der Waals surface area contributed by atoms with E-state index in [4.69, 9.17) is 18.9 Å². The van der Waals surface area contributed by atoms with Crippen LogP contribution in [0.2, 0.25) is 0 Å². The minimum atomic E-state index is -0.0769. The van der Waals surface area contributed by atoms with E-state index in [9.17, 15) is 10.2 Å². The maximum Gasteiger partial charge on any atom is 0.127 e. The second-order valence-electron chi connectivity index (χ2n) is 7.83. The Morgan fingerprint density at radius 3 is 1.55 bits per heavy atom. The number of benzene rings is 2. The maximum atomic E-state index is 9.81. The number of aliphatic hydroxyl groups excluding tert-OH is 2. The molecule has 2 fully saturated rings. The molecule has 4 rings (SSSR count). The van der Waals surface area contributed by atoms with Crippen molar-refractivity contribution in [1.82, 2.24) is 0 Å². The molecule has 2 aromatic rings. The predicted octanol–water partition coefficient (Wildman–Crippen LogP) is 2.43. The standard InChI is InChI=1S/C23H28O6/c1-14-3-16(6-18(8-24)22(14)28-12-20-10-26-20)5-17-4-15(2)23(19(7-17)9-25)29-13-21-11-27-21/h3-4,6-7,20-21,24-25H,5,8-13H2,1-2H3. The molecule has 0 aromatic heterocycles. The molecule has 6 nitrogen and oxygen atoms in total. The summed E-state index contributed by atoms with van der Waals surface area (Å²) in [7, 11) is 0. The summed E-state index contributed by atoms with van der Waals surface area (Å²) in [5.74, 6) is 1.48. The fraction of sp³-hybridized carbons (Fsp3) is 0.478. The molecule has 2 aliphatic heterocycles. The van der Waals surface area contributed by atoms with Gasteiger partial charge in [0.1, 0.15) is 36.9 Å². The molecule has 2 unspecified atom stereocenters. The van der Waals surface area contributed by atoms with Gasteiger partial charge in [0.05, 0.1) is 26.4 Å². The summed E-state index contributed by atoms with van der Waals surface area (Å²) < 4.78 is 22.1. The van der Waals surface area contributed by atoms with Gasteiger partial charge in [0, 0.05) is 11.1 Å². The van der Waals surface area contributed by atoms with Gasteiger partial charge < -0.3 is 29.2 Å². The summed E-state index contributed by atoms with van der Waals surface area (Å²) in [5.41, 5.74) is 5.73. The number of aliphatic hydroxyl groups is 2. The number of hydrogen-bond acceptors (Lipinski definition) is 6. The molecule has 0 bridgehead atoms. The van der Waals surface area contributed by atoms with Crippen molar-refractivity contribution in [3.63, 3.8) is 0 Å². The van der Waals surface area contributed by atoms with Crippen molar-refractivity contribution in [1.29, 1.82) is 0 Å². The van der Waals surface area contributed by atoms with Crippen molar-refractivity contribution in [3.05, 3.63) is 57.6 Å². The Hall–Kier alpha value is -2.12. The zero-order valence-corrected chi connectivity index (χ0v) is 16.9. The van der Waals surface area contributed by atoms with E-state index in [1.165, 1.54) is 0 Å². The highest BCUT2D eigenvalue weighted by Crippen LogP contribution is 2.31. The van der Waals surface area contributed by atoms with E-state index in [1.807, 2.05) is 26.0 Å². The van der Waals surface area contributed by atoms with E-state index >= 15 is 0 Å². The normalized spacial score (nSPS) is 19.9. The molecule has 0 spiro atoms. The Kier molecular flexibility index (Phi) is 6.06. The maximum absolute atomic E-state index is 9.81. The second-order valence-corrected chi connectivity index (χ2v) is 7.83. The lowest BCUT2D eigenvalue weighted by Crippen LogP contribution is -2.09. The molecule has 2 aromatic carbocycles. The third kappa shape index (κ3) is 5.08. The lowest BCUT2D eigenvalue weighted by Gasteiger charge is -2.17. The van der Waals surface area contributed by atoms with Crippen LogP contribution in [0.3, 0.4) is 0 Å². The highest BCUT2D eigenvalue weighted by Gasteiger charge is 2.25. The average molecular weight is 400 g/mol. The zero-order chi connectivity index (χ0) is 20.4. The molecule has 156 valence electrons.